The van der Waals surface area contributed by atoms with Gasteiger partial charge in [0, 0.05) is 25.2 Å². The lowest BCUT2D eigenvalue weighted by Crippen LogP contribution is -2.49. The van der Waals surface area contributed by atoms with E-state index in [1.54, 1.807) is 0 Å². The molecule has 0 aromatic heterocycles. The zero-order chi connectivity index (χ0) is 8.93. The summed E-state index contributed by atoms with van der Waals surface area (Å²) in [5.41, 5.74) is 0. The van der Waals surface area contributed by atoms with Crippen molar-refractivity contribution in [2.24, 2.45) is 0 Å². The van der Waals surface area contributed by atoms with E-state index in [9.17, 15) is 0 Å². The Balaban J connectivity index is 1.69. The van der Waals surface area contributed by atoms with Crippen LogP contribution in [0.5, 0.6) is 0 Å². The summed E-state index contributed by atoms with van der Waals surface area (Å²) in [7, 11) is 0. The van der Waals surface area contributed by atoms with Gasteiger partial charge in [-0.1, -0.05) is 0 Å². The van der Waals surface area contributed by atoms with Crippen molar-refractivity contribution in [2.45, 2.75) is 18.5 Å². The highest BCUT2D eigenvalue weighted by atomic mass is 16.5. The molecule has 4 heteroatoms. The minimum absolute atomic E-state index is 0.507. The molecule has 4 nitrogen and oxygen atoms in total. The summed E-state index contributed by atoms with van der Waals surface area (Å²) in [4.78, 5) is 0. The Morgan fingerprint density at radius 3 is 1.85 bits per heavy atom. The molecule has 0 radical (unpaired) electrons. The molecule has 2 heterocycles. The van der Waals surface area contributed by atoms with Crippen LogP contribution < -0.4 is 10.6 Å². The fourth-order valence-corrected chi connectivity index (χ4v) is 1.89. The molecule has 2 atom stereocenters. The van der Waals surface area contributed by atoms with Gasteiger partial charge in [0.2, 0.25) is 0 Å². The number of ether oxygens (including phenoxy) is 2. The van der Waals surface area contributed by atoms with Crippen LogP contribution >= 0.6 is 0 Å². The van der Waals surface area contributed by atoms with Crippen molar-refractivity contribution in [3.63, 3.8) is 0 Å². The van der Waals surface area contributed by atoms with Crippen molar-refractivity contribution in [1.29, 1.82) is 0 Å². The van der Waals surface area contributed by atoms with E-state index in [4.69, 9.17) is 9.47 Å². The normalized spacial score (nSPS) is 36.0. The molecule has 2 aliphatic rings. The molecule has 2 rings (SSSR count). The molecule has 2 fully saturated rings. The van der Waals surface area contributed by atoms with Crippen LogP contribution in [0.1, 0.15) is 6.42 Å². The third-order valence-electron chi connectivity index (χ3n) is 2.57. The van der Waals surface area contributed by atoms with Crippen LogP contribution in [0.4, 0.5) is 0 Å². The summed E-state index contributed by atoms with van der Waals surface area (Å²) in [6.07, 6.45) is 1.11. The minimum Gasteiger partial charge on any atom is -0.379 e. The standard InChI is InChI=1S/C9H18N2O2/c1-3-12-6-8(10-1)5-9-7-13-4-2-11-9/h8-11H,1-7H2/t8-,9+. The van der Waals surface area contributed by atoms with Crippen molar-refractivity contribution >= 4 is 0 Å². The predicted molar refractivity (Wildman–Crippen MR) is 49.8 cm³/mol. The largest absolute Gasteiger partial charge is 0.379 e. The SMILES string of the molecule is C1COC[C@H](C[C@@H]2COCCN2)N1. The molecule has 0 aliphatic carbocycles. The van der Waals surface area contributed by atoms with Crippen LogP contribution in [0.3, 0.4) is 0 Å². The lowest BCUT2D eigenvalue weighted by molar-refractivity contribution is 0.0436. The van der Waals surface area contributed by atoms with E-state index in [0.717, 1.165) is 45.9 Å². The van der Waals surface area contributed by atoms with Gasteiger partial charge < -0.3 is 20.1 Å². The summed E-state index contributed by atoms with van der Waals surface area (Å²) in [5, 5.41) is 6.89. The topological polar surface area (TPSA) is 42.5 Å². The van der Waals surface area contributed by atoms with E-state index in [0.29, 0.717) is 12.1 Å². The molecule has 76 valence electrons. The summed E-state index contributed by atoms with van der Waals surface area (Å²) in [5.74, 6) is 0. The molecule has 2 N–H and O–H groups in total. The van der Waals surface area contributed by atoms with E-state index in [1.807, 2.05) is 0 Å². The van der Waals surface area contributed by atoms with E-state index >= 15 is 0 Å². The third-order valence-corrected chi connectivity index (χ3v) is 2.57. The molecule has 2 aliphatic heterocycles. The van der Waals surface area contributed by atoms with Crippen molar-refractivity contribution in [3.8, 4) is 0 Å². The first-order chi connectivity index (χ1) is 6.45. The first kappa shape index (κ1) is 9.40. The minimum atomic E-state index is 0.507. The number of rotatable bonds is 2. The smallest absolute Gasteiger partial charge is 0.0620 e. The fraction of sp³-hybridized carbons (Fsp3) is 1.00. The monoisotopic (exact) mass is 186 g/mol. The molecule has 0 aromatic carbocycles. The lowest BCUT2D eigenvalue weighted by Gasteiger charge is -2.30. The second kappa shape index (κ2) is 4.91. The van der Waals surface area contributed by atoms with Crippen LogP contribution in [-0.4, -0.2) is 51.6 Å². The summed E-state index contributed by atoms with van der Waals surface area (Å²) >= 11 is 0. The molecule has 0 aromatic rings. The second-order valence-corrected chi connectivity index (χ2v) is 3.69. The van der Waals surface area contributed by atoms with Gasteiger partial charge in [-0.2, -0.15) is 0 Å². The van der Waals surface area contributed by atoms with Gasteiger partial charge in [0.1, 0.15) is 0 Å². The number of hydrogen-bond acceptors (Lipinski definition) is 4. The Hall–Kier alpha value is -0.160. The molecule has 13 heavy (non-hydrogen) atoms. The maximum atomic E-state index is 5.39. The average molecular weight is 186 g/mol. The predicted octanol–water partition coefficient (Wildman–Crippen LogP) is -0.647. The number of nitrogens with one attached hydrogen (secondary N) is 2. The van der Waals surface area contributed by atoms with Crippen LogP contribution in [0, 0.1) is 0 Å². The molecular formula is C9H18N2O2. The molecule has 0 bridgehead atoms. The van der Waals surface area contributed by atoms with Gasteiger partial charge in [0.15, 0.2) is 0 Å². The second-order valence-electron chi connectivity index (χ2n) is 3.69. The Kier molecular flexibility index (Phi) is 3.55. The number of hydrogen-bond donors (Lipinski definition) is 2. The molecule has 0 amide bonds. The van der Waals surface area contributed by atoms with Gasteiger partial charge in [-0.05, 0) is 6.42 Å². The van der Waals surface area contributed by atoms with Gasteiger partial charge >= 0.3 is 0 Å². The van der Waals surface area contributed by atoms with Crippen molar-refractivity contribution in [2.75, 3.05) is 39.5 Å². The van der Waals surface area contributed by atoms with E-state index in [2.05, 4.69) is 10.6 Å². The van der Waals surface area contributed by atoms with Crippen LogP contribution in [0.25, 0.3) is 0 Å². The molecular weight excluding hydrogens is 168 g/mol. The Morgan fingerprint density at radius 2 is 1.46 bits per heavy atom. The zero-order valence-corrected chi connectivity index (χ0v) is 7.92. The Bertz CT molecular complexity index is 127. The van der Waals surface area contributed by atoms with Crippen LogP contribution in [-0.2, 0) is 9.47 Å². The number of morpholine rings is 2. The fourth-order valence-electron chi connectivity index (χ4n) is 1.89. The van der Waals surface area contributed by atoms with Crippen LogP contribution in [0.2, 0.25) is 0 Å². The Labute approximate surface area is 79.0 Å². The van der Waals surface area contributed by atoms with Gasteiger partial charge in [-0.3, -0.25) is 0 Å². The summed E-state index contributed by atoms with van der Waals surface area (Å²) < 4.78 is 10.8. The molecule has 2 saturated heterocycles. The average Bonchev–Trinajstić information content (AvgIpc) is 2.21. The molecule has 0 unspecified atom stereocenters. The maximum absolute atomic E-state index is 5.39. The zero-order valence-electron chi connectivity index (χ0n) is 7.92. The summed E-state index contributed by atoms with van der Waals surface area (Å²) in [6, 6.07) is 1.01. The van der Waals surface area contributed by atoms with Gasteiger partial charge in [0.25, 0.3) is 0 Å². The highest BCUT2D eigenvalue weighted by Gasteiger charge is 2.20. The quantitative estimate of drug-likeness (QED) is 0.601. The molecule has 0 saturated carbocycles. The lowest BCUT2D eigenvalue weighted by atomic mass is 10.1. The van der Waals surface area contributed by atoms with Crippen LogP contribution in [0.15, 0.2) is 0 Å². The highest BCUT2D eigenvalue weighted by Crippen LogP contribution is 2.05. The first-order valence-electron chi connectivity index (χ1n) is 5.07. The Morgan fingerprint density at radius 1 is 0.923 bits per heavy atom. The first-order valence-corrected chi connectivity index (χ1v) is 5.07. The van der Waals surface area contributed by atoms with Gasteiger partial charge in [-0.25, -0.2) is 0 Å². The van der Waals surface area contributed by atoms with E-state index in [-0.39, 0.29) is 0 Å². The van der Waals surface area contributed by atoms with Crippen molar-refractivity contribution < 1.29 is 9.47 Å². The maximum Gasteiger partial charge on any atom is 0.0620 e. The van der Waals surface area contributed by atoms with E-state index < -0.39 is 0 Å². The van der Waals surface area contributed by atoms with Crippen molar-refractivity contribution in [3.05, 3.63) is 0 Å². The summed E-state index contributed by atoms with van der Waals surface area (Å²) in [6.45, 7) is 5.36. The highest BCUT2D eigenvalue weighted by molar-refractivity contribution is 4.79. The van der Waals surface area contributed by atoms with E-state index in [1.165, 1.54) is 0 Å². The van der Waals surface area contributed by atoms with Gasteiger partial charge in [0.05, 0.1) is 26.4 Å². The van der Waals surface area contributed by atoms with Gasteiger partial charge in [-0.15, -0.1) is 0 Å². The molecule has 0 spiro atoms. The third kappa shape index (κ3) is 2.91. The van der Waals surface area contributed by atoms with Crippen molar-refractivity contribution in [1.82, 2.24) is 10.6 Å².